The predicted octanol–water partition coefficient (Wildman–Crippen LogP) is 2.86. The van der Waals surface area contributed by atoms with E-state index in [0.717, 1.165) is 50.4 Å². The zero-order valence-electron chi connectivity index (χ0n) is 16.2. The van der Waals surface area contributed by atoms with E-state index in [1.165, 1.54) is 5.56 Å². The average molecular weight is 463 g/mol. The van der Waals surface area contributed by atoms with Crippen molar-refractivity contribution >= 4 is 29.9 Å². The summed E-state index contributed by atoms with van der Waals surface area (Å²) in [4.78, 5) is 6.81. The molecule has 1 aromatic rings. The Labute approximate surface area is 169 Å². The van der Waals surface area contributed by atoms with Gasteiger partial charge < -0.3 is 15.3 Å². The minimum atomic E-state index is -0.612. The maximum Gasteiger partial charge on any atom is 0.194 e. The number of guanidine groups is 1. The van der Waals surface area contributed by atoms with E-state index in [1.807, 2.05) is 18.8 Å². The number of rotatable bonds is 6. The van der Waals surface area contributed by atoms with Crippen molar-refractivity contribution in [2.75, 3.05) is 20.1 Å². The van der Waals surface area contributed by atoms with E-state index < -0.39 is 5.60 Å². The Morgan fingerprint density at radius 1 is 1.44 bits per heavy atom. The molecule has 6 nitrogen and oxygen atoms in total. The van der Waals surface area contributed by atoms with E-state index in [2.05, 4.69) is 42.3 Å². The lowest BCUT2D eigenvalue weighted by atomic mass is 10.0. The molecule has 1 aliphatic carbocycles. The van der Waals surface area contributed by atoms with Gasteiger partial charge in [-0.1, -0.05) is 26.7 Å². The summed E-state index contributed by atoms with van der Waals surface area (Å²) < 4.78 is 1.88. The van der Waals surface area contributed by atoms with Crippen LogP contribution in [0.2, 0.25) is 0 Å². The van der Waals surface area contributed by atoms with Gasteiger partial charge >= 0.3 is 0 Å². The van der Waals surface area contributed by atoms with E-state index in [1.54, 1.807) is 0 Å². The Morgan fingerprint density at radius 2 is 2.08 bits per heavy atom. The second-order valence-electron chi connectivity index (χ2n) is 7.33. The van der Waals surface area contributed by atoms with Crippen LogP contribution in [0.25, 0.3) is 0 Å². The van der Waals surface area contributed by atoms with Gasteiger partial charge in [0.05, 0.1) is 17.8 Å². The second-order valence-corrected chi connectivity index (χ2v) is 7.33. The van der Waals surface area contributed by atoms with Gasteiger partial charge in [0.15, 0.2) is 5.96 Å². The highest BCUT2D eigenvalue weighted by Gasteiger charge is 2.31. The Morgan fingerprint density at radius 3 is 2.64 bits per heavy atom. The summed E-state index contributed by atoms with van der Waals surface area (Å²) in [5, 5.41) is 18.4. The molecule has 0 amide bonds. The smallest absolute Gasteiger partial charge is 0.194 e. The van der Waals surface area contributed by atoms with E-state index in [-0.39, 0.29) is 24.0 Å². The molecule has 0 aromatic carbocycles. The first-order valence-electron chi connectivity index (χ1n) is 9.09. The zero-order valence-corrected chi connectivity index (χ0v) is 18.6. The summed E-state index contributed by atoms with van der Waals surface area (Å²) in [7, 11) is 4.00. The number of hydrogen-bond acceptors (Lipinski definition) is 3. The van der Waals surface area contributed by atoms with Gasteiger partial charge in [-0.25, -0.2) is 0 Å². The molecule has 0 saturated heterocycles. The molecular weight excluding hydrogens is 429 g/mol. The predicted molar refractivity (Wildman–Crippen MR) is 114 cm³/mol. The summed E-state index contributed by atoms with van der Waals surface area (Å²) in [6, 6.07) is 0. The fourth-order valence-electron chi connectivity index (χ4n) is 3.38. The van der Waals surface area contributed by atoms with E-state index in [9.17, 15) is 5.11 Å². The third-order valence-electron chi connectivity index (χ3n) is 4.65. The summed E-state index contributed by atoms with van der Waals surface area (Å²) in [6.07, 6.45) is 6.01. The molecule has 0 aliphatic heterocycles. The number of nitrogens with one attached hydrogen (secondary N) is 1. The summed E-state index contributed by atoms with van der Waals surface area (Å²) in [6.45, 7) is 8.44. The lowest BCUT2D eigenvalue weighted by Crippen LogP contribution is -2.40. The molecule has 1 fully saturated rings. The SMILES string of the molecule is CCNC(=NCC1(O)CCCC1)N(C)Cc1cn(C)nc1C(C)C.I. The highest BCUT2D eigenvalue weighted by atomic mass is 127. The molecule has 25 heavy (non-hydrogen) atoms. The summed E-state index contributed by atoms with van der Waals surface area (Å²) >= 11 is 0. The normalized spacial score (nSPS) is 16.8. The van der Waals surface area contributed by atoms with E-state index in [4.69, 9.17) is 4.99 Å². The molecule has 1 saturated carbocycles. The van der Waals surface area contributed by atoms with Crippen LogP contribution in [-0.2, 0) is 13.6 Å². The first kappa shape index (κ1) is 22.2. The minimum Gasteiger partial charge on any atom is -0.388 e. The van der Waals surface area contributed by atoms with Crippen LogP contribution in [0.5, 0.6) is 0 Å². The van der Waals surface area contributed by atoms with Crippen LogP contribution in [0.3, 0.4) is 0 Å². The van der Waals surface area contributed by atoms with Crippen molar-refractivity contribution in [3.05, 3.63) is 17.5 Å². The second kappa shape index (κ2) is 9.75. The molecule has 2 rings (SSSR count). The van der Waals surface area contributed by atoms with Gasteiger partial charge in [0.2, 0.25) is 0 Å². The lowest BCUT2D eigenvalue weighted by molar-refractivity contribution is 0.0572. The van der Waals surface area contributed by atoms with Crippen molar-refractivity contribution in [2.45, 2.75) is 64.5 Å². The quantitative estimate of drug-likeness (QED) is 0.387. The zero-order chi connectivity index (χ0) is 17.7. The van der Waals surface area contributed by atoms with Crippen molar-refractivity contribution < 1.29 is 5.11 Å². The number of halogens is 1. The highest BCUT2D eigenvalue weighted by Crippen LogP contribution is 2.29. The molecule has 1 aromatic heterocycles. The fraction of sp³-hybridized carbons (Fsp3) is 0.778. The van der Waals surface area contributed by atoms with Gasteiger partial charge in [-0.15, -0.1) is 24.0 Å². The number of aryl methyl sites for hydroxylation is 1. The van der Waals surface area contributed by atoms with E-state index >= 15 is 0 Å². The molecule has 7 heteroatoms. The maximum absolute atomic E-state index is 10.5. The molecule has 1 heterocycles. The Hall–Kier alpha value is -0.830. The molecule has 0 unspecified atom stereocenters. The van der Waals surface area contributed by atoms with Crippen LogP contribution in [0.15, 0.2) is 11.2 Å². The lowest BCUT2D eigenvalue weighted by Gasteiger charge is -2.25. The molecule has 0 spiro atoms. The van der Waals surface area contributed by atoms with Gasteiger partial charge in [-0.05, 0) is 25.7 Å². The average Bonchev–Trinajstić information content (AvgIpc) is 3.10. The van der Waals surface area contributed by atoms with Crippen LogP contribution in [0.1, 0.15) is 63.6 Å². The number of hydrogen-bond donors (Lipinski definition) is 2. The monoisotopic (exact) mass is 463 g/mol. The number of aliphatic imine (C=N–C) groups is 1. The third-order valence-corrected chi connectivity index (χ3v) is 4.65. The maximum atomic E-state index is 10.5. The molecule has 144 valence electrons. The Kier molecular flexibility index (Phi) is 8.67. The van der Waals surface area contributed by atoms with Crippen LogP contribution in [0, 0.1) is 0 Å². The summed E-state index contributed by atoms with van der Waals surface area (Å²) in [5.74, 6) is 1.24. The van der Waals surface area contributed by atoms with Gasteiger partial charge in [0.25, 0.3) is 0 Å². The summed E-state index contributed by atoms with van der Waals surface area (Å²) in [5.41, 5.74) is 1.74. The van der Waals surface area contributed by atoms with Gasteiger partial charge in [-0.3, -0.25) is 9.67 Å². The first-order valence-corrected chi connectivity index (χ1v) is 9.09. The molecule has 0 bridgehead atoms. The molecule has 0 radical (unpaired) electrons. The number of nitrogens with zero attached hydrogens (tertiary/aromatic N) is 4. The topological polar surface area (TPSA) is 65.7 Å². The molecular formula is C18H34IN5O. The van der Waals surface area contributed by atoms with Crippen molar-refractivity contribution in [1.29, 1.82) is 0 Å². The first-order chi connectivity index (χ1) is 11.3. The molecule has 1 aliphatic rings. The van der Waals surface area contributed by atoms with Gasteiger partial charge in [-0.2, -0.15) is 5.10 Å². The minimum absolute atomic E-state index is 0. The van der Waals surface area contributed by atoms with E-state index in [0.29, 0.717) is 12.5 Å². The number of aromatic nitrogens is 2. The number of aliphatic hydroxyl groups is 1. The van der Waals surface area contributed by atoms with Gasteiger partial charge in [0, 0.05) is 38.9 Å². The van der Waals surface area contributed by atoms with Crippen molar-refractivity contribution in [2.24, 2.45) is 12.0 Å². The van der Waals surface area contributed by atoms with Crippen LogP contribution in [-0.4, -0.2) is 51.5 Å². The standard InChI is InChI=1S/C18H33N5O.HI/c1-6-19-17(20-13-18(24)9-7-8-10-18)22(4)11-15-12-23(5)21-16(15)14(2)3;/h12,14,24H,6-11,13H2,1-5H3,(H,19,20);1H. The van der Waals surface area contributed by atoms with Crippen molar-refractivity contribution in [1.82, 2.24) is 20.0 Å². The van der Waals surface area contributed by atoms with Crippen LogP contribution in [0.4, 0.5) is 0 Å². The Bertz CT molecular complexity index is 564. The van der Waals surface area contributed by atoms with Crippen molar-refractivity contribution in [3.63, 3.8) is 0 Å². The largest absolute Gasteiger partial charge is 0.388 e. The van der Waals surface area contributed by atoms with Crippen LogP contribution < -0.4 is 5.32 Å². The molecule has 2 N–H and O–H groups in total. The fourth-order valence-corrected chi connectivity index (χ4v) is 3.38. The van der Waals surface area contributed by atoms with Crippen molar-refractivity contribution in [3.8, 4) is 0 Å². The third kappa shape index (κ3) is 6.13. The Balaban J connectivity index is 0.00000312. The van der Waals surface area contributed by atoms with Crippen LogP contribution >= 0.6 is 24.0 Å². The molecule has 0 atom stereocenters. The van der Waals surface area contributed by atoms with Gasteiger partial charge in [0.1, 0.15) is 0 Å². The highest BCUT2D eigenvalue weighted by molar-refractivity contribution is 14.0.